The van der Waals surface area contributed by atoms with Crippen LogP contribution in [0.25, 0.3) is 0 Å². The van der Waals surface area contributed by atoms with E-state index in [1.807, 2.05) is 31.3 Å². The van der Waals surface area contributed by atoms with E-state index >= 15 is 0 Å². The SMILES string of the molecule is CC(C)(CC(CN)c1ccccc1)[Si](C)(C)O. The van der Waals surface area contributed by atoms with E-state index in [1.54, 1.807) is 0 Å². The molecule has 0 amide bonds. The minimum absolute atomic E-state index is 0.0210. The van der Waals surface area contributed by atoms with Gasteiger partial charge in [0.1, 0.15) is 0 Å². The van der Waals surface area contributed by atoms with Crippen LogP contribution in [0.3, 0.4) is 0 Å². The van der Waals surface area contributed by atoms with Gasteiger partial charge < -0.3 is 10.5 Å². The zero-order chi connectivity index (χ0) is 13.1. The lowest BCUT2D eigenvalue weighted by Gasteiger charge is -2.37. The number of rotatable bonds is 5. The maximum Gasteiger partial charge on any atom is 0.188 e. The van der Waals surface area contributed by atoms with Crippen LogP contribution in [0, 0.1) is 0 Å². The average molecular weight is 251 g/mol. The van der Waals surface area contributed by atoms with Crippen molar-refractivity contribution in [3.63, 3.8) is 0 Å². The third kappa shape index (κ3) is 3.66. The molecule has 0 aliphatic heterocycles. The first-order chi connectivity index (χ1) is 7.78. The summed E-state index contributed by atoms with van der Waals surface area (Å²) in [7, 11) is -2.15. The van der Waals surface area contributed by atoms with Gasteiger partial charge in [-0.05, 0) is 42.6 Å². The van der Waals surface area contributed by atoms with Gasteiger partial charge in [-0.25, -0.2) is 0 Å². The second-order valence-electron chi connectivity index (χ2n) is 5.99. The van der Waals surface area contributed by atoms with Gasteiger partial charge in [0.25, 0.3) is 0 Å². The number of hydrogen-bond donors (Lipinski definition) is 2. The van der Waals surface area contributed by atoms with Crippen LogP contribution in [0.15, 0.2) is 30.3 Å². The molecule has 0 aromatic heterocycles. The second-order valence-corrected chi connectivity index (χ2v) is 10.5. The highest BCUT2D eigenvalue weighted by molar-refractivity contribution is 6.72. The van der Waals surface area contributed by atoms with Gasteiger partial charge in [-0.1, -0.05) is 44.2 Å². The van der Waals surface area contributed by atoms with E-state index in [-0.39, 0.29) is 5.04 Å². The van der Waals surface area contributed by atoms with Crippen LogP contribution in [0.5, 0.6) is 0 Å². The molecule has 17 heavy (non-hydrogen) atoms. The lowest BCUT2D eigenvalue weighted by atomic mass is 9.90. The van der Waals surface area contributed by atoms with Crippen molar-refractivity contribution in [2.75, 3.05) is 6.54 Å². The van der Waals surface area contributed by atoms with Crippen molar-refractivity contribution in [3.05, 3.63) is 35.9 Å². The van der Waals surface area contributed by atoms with Crippen molar-refractivity contribution in [2.24, 2.45) is 5.73 Å². The Labute approximate surface area is 106 Å². The van der Waals surface area contributed by atoms with E-state index in [2.05, 4.69) is 26.0 Å². The lowest BCUT2D eigenvalue weighted by Crippen LogP contribution is -2.40. The Balaban J connectivity index is 2.85. The van der Waals surface area contributed by atoms with Crippen molar-refractivity contribution in [1.29, 1.82) is 0 Å². The molecule has 3 heteroatoms. The molecule has 0 saturated carbocycles. The molecule has 3 N–H and O–H groups in total. The highest BCUT2D eigenvalue weighted by Gasteiger charge is 2.39. The Bertz CT molecular complexity index is 343. The zero-order valence-corrected chi connectivity index (χ0v) is 12.4. The second kappa shape index (κ2) is 5.34. The van der Waals surface area contributed by atoms with Gasteiger partial charge in [0.05, 0.1) is 0 Å². The van der Waals surface area contributed by atoms with E-state index in [0.29, 0.717) is 12.5 Å². The van der Waals surface area contributed by atoms with Crippen LogP contribution in [-0.2, 0) is 0 Å². The molecule has 1 aromatic rings. The molecule has 0 radical (unpaired) electrons. The van der Waals surface area contributed by atoms with Crippen molar-refractivity contribution in [2.45, 2.75) is 44.3 Å². The highest BCUT2D eigenvalue weighted by Crippen LogP contribution is 2.43. The van der Waals surface area contributed by atoms with Crippen LogP contribution in [0.2, 0.25) is 18.1 Å². The molecule has 0 aliphatic carbocycles. The van der Waals surface area contributed by atoms with Gasteiger partial charge in [-0.2, -0.15) is 0 Å². The fourth-order valence-electron chi connectivity index (χ4n) is 1.93. The maximum absolute atomic E-state index is 10.3. The minimum Gasteiger partial charge on any atom is -0.432 e. The predicted octanol–water partition coefficient (Wildman–Crippen LogP) is 3.10. The summed E-state index contributed by atoms with van der Waals surface area (Å²) in [5.74, 6) is 0.338. The Morgan fingerprint density at radius 1 is 1.24 bits per heavy atom. The van der Waals surface area contributed by atoms with E-state index in [9.17, 15) is 4.80 Å². The van der Waals surface area contributed by atoms with E-state index in [0.717, 1.165) is 6.42 Å². The summed E-state index contributed by atoms with van der Waals surface area (Å²) in [6.45, 7) is 8.96. The standard InChI is InChI=1S/C14H25NOSi/c1-14(2,17(3,4)16)10-13(11-15)12-8-6-5-7-9-12/h5-9,13,16H,10-11,15H2,1-4H3. The molecule has 1 atom stereocenters. The minimum atomic E-state index is -2.15. The number of benzene rings is 1. The predicted molar refractivity (Wildman–Crippen MR) is 76.6 cm³/mol. The van der Waals surface area contributed by atoms with Crippen LogP contribution in [-0.4, -0.2) is 19.7 Å². The van der Waals surface area contributed by atoms with Gasteiger partial charge in [0, 0.05) is 0 Å². The first kappa shape index (κ1) is 14.4. The Morgan fingerprint density at radius 2 is 1.76 bits per heavy atom. The van der Waals surface area contributed by atoms with Crippen LogP contribution in [0.1, 0.15) is 31.7 Å². The third-order valence-corrected chi connectivity index (χ3v) is 7.48. The third-order valence-electron chi connectivity index (χ3n) is 3.97. The van der Waals surface area contributed by atoms with Gasteiger partial charge in [0.2, 0.25) is 0 Å². The number of hydrogen-bond acceptors (Lipinski definition) is 2. The molecule has 1 aromatic carbocycles. The molecule has 2 nitrogen and oxygen atoms in total. The molecule has 0 heterocycles. The first-order valence-corrected chi connectivity index (χ1v) is 9.20. The van der Waals surface area contributed by atoms with Gasteiger partial charge in [0.15, 0.2) is 8.32 Å². The van der Waals surface area contributed by atoms with E-state index in [1.165, 1.54) is 5.56 Å². The zero-order valence-electron chi connectivity index (χ0n) is 11.4. The van der Waals surface area contributed by atoms with Crippen molar-refractivity contribution in [1.82, 2.24) is 0 Å². The summed E-state index contributed by atoms with van der Waals surface area (Å²) in [6.07, 6.45) is 0.948. The van der Waals surface area contributed by atoms with Gasteiger partial charge >= 0.3 is 0 Å². The lowest BCUT2D eigenvalue weighted by molar-refractivity contribution is 0.424. The molecule has 0 bridgehead atoms. The molecule has 0 aliphatic rings. The summed E-state index contributed by atoms with van der Waals surface area (Å²) in [5, 5.41) is -0.0210. The summed E-state index contributed by atoms with van der Waals surface area (Å²) in [5.41, 5.74) is 7.17. The molecular weight excluding hydrogens is 226 g/mol. The first-order valence-electron chi connectivity index (χ1n) is 6.25. The summed E-state index contributed by atoms with van der Waals surface area (Å²) in [6, 6.07) is 10.4. The molecule has 0 fully saturated rings. The van der Waals surface area contributed by atoms with E-state index in [4.69, 9.17) is 5.73 Å². The van der Waals surface area contributed by atoms with Crippen LogP contribution >= 0.6 is 0 Å². The fraction of sp³-hybridized carbons (Fsp3) is 0.571. The fourth-order valence-corrected chi connectivity index (χ4v) is 2.67. The average Bonchev–Trinajstić information content (AvgIpc) is 2.25. The Hall–Kier alpha value is -0.643. The highest BCUT2D eigenvalue weighted by atomic mass is 28.4. The topological polar surface area (TPSA) is 46.2 Å². The monoisotopic (exact) mass is 251 g/mol. The summed E-state index contributed by atoms with van der Waals surface area (Å²) in [4.78, 5) is 10.3. The summed E-state index contributed by atoms with van der Waals surface area (Å²) >= 11 is 0. The molecule has 1 unspecified atom stereocenters. The largest absolute Gasteiger partial charge is 0.432 e. The van der Waals surface area contributed by atoms with E-state index < -0.39 is 8.32 Å². The summed E-state index contributed by atoms with van der Waals surface area (Å²) < 4.78 is 0. The smallest absolute Gasteiger partial charge is 0.188 e. The molecule has 1 rings (SSSR count). The van der Waals surface area contributed by atoms with Gasteiger partial charge in [-0.15, -0.1) is 0 Å². The van der Waals surface area contributed by atoms with Crippen LogP contribution in [0.4, 0.5) is 0 Å². The maximum atomic E-state index is 10.3. The Kier molecular flexibility index (Phi) is 4.53. The number of nitrogens with two attached hydrogens (primary N) is 1. The molecule has 0 spiro atoms. The molecule has 0 saturated heterocycles. The Morgan fingerprint density at radius 3 is 2.18 bits per heavy atom. The van der Waals surface area contributed by atoms with Crippen molar-refractivity contribution < 1.29 is 4.80 Å². The quantitative estimate of drug-likeness (QED) is 0.790. The van der Waals surface area contributed by atoms with Crippen LogP contribution < -0.4 is 5.73 Å². The van der Waals surface area contributed by atoms with Crippen molar-refractivity contribution in [3.8, 4) is 0 Å². The molecular formula is C14H25NOSi. The van der Waals surface area contributed by atoms with Crippen molar-refractivity contribution >= 4 is 8.32 Å². The normalized spacial score (nSPS) is 14.7. The molecule has 96 valence electrons. The van der Waals surface area contributed by atoms with Gasteiger partial charge in [-0.3, -0.25) is 0 Å².